The Kier molecular flexibility index (Phi) is 7.12. The Morgan fingerprint density at radius 2 is 1.97 bits per heavy atom. The number of ether oxygens (including phenoxy) is 2. The van der Waals surface area contributed by atoms with Gasteiger partial charge in [-0.25, -0.2) is 9.78 Å². The van der Waals surface area contributed by atoms with Gasteiger partial charge in [0, 0.05) is 16.5 Å². The lowest BCUT2D eigenvalue weighted by atomic mass is 10.1. The molecule has 0 saturated heterocycles. The van der Waals surface area contributed by atoms with Crippen molar-refractivity contribution in [3.8, 4) is 11.6 Å². The van der Waals surface area contributed by atoms with Crippen LogP contribution in [-0.4, -0.2) is 40.4 Å². The highest BCUT2D eigenvalue weighted by atomic mass is 35.5. The first kappa shape index (κ1) is 24.0. The molecule has 0 aliphatic heterocycles. The van der Waals surface area contributed by atoms with Gasteiger partial charge in [0.15, 0.2) is 11.6 Å². The molecule has 2 aromatic carbocycles. The van der Waals surface area contributed by atoms with Gasteiger partial charge in [-0.2, -0.15) is 9.78 Å². The van der Waals surface area contributed by atoms with Crippen LogP contribution in [0.15, 0.2) is 60.8 Å². The first-order chi connectivity index (χ1) is 16.9. The molecule has 0 unspecified atom stereocenters. The van der Waals surface area contributed by atoms with Gasteiger partial charge in [0.05, 0.1) is 19.9 Å². The number of nitrogens with one attached hydrogen (secondary N) is 1. The summed E-state index contributed by atoms with van der Waals surface area (Å²) < 4.78 is 12.0. The number of rotatable bonds is 7. The summed E-state index contributed by atoms with van der Waals surface area (Å²) in [5, 5.41) is 8.56. The Hall–Kier alpha value is -4.17. The maximum absolute atomic E-state index is 12.8. The van der Waals surface area contributed by atoms with Crippen LogP contribution >= 0.6 is 11.6 Å². The van der Waals surface area contributed by atoms with Crippen molar-refractivity contribution in [1.82, 2.24) is 14.8 Å². The maximum Gasteiger partial charge on any atom is 0.343 e. The number of hydrogen-bond acceptors (Lipinski definition) is 6. The molecule has 0 aliphatic rings. The van der Waals surface area contributed by atoms with Gasteiger partial charge in [-0.3, -0.25) is 4.79 Å². The number of para-hydroxylation sites is 1. The van der Waals surface area contributed by atoms with E-state index >= 15 is 0 Å². The smallest absolute Gasteiger partial charge is 0.343 e. The van der Waals surface area contributed by atoms with E-state index in [-0.39, 0.29) is 18.0 Å². The highest BCUT2D eigenvalue weighted by molar-refractivity contribution is 6.30. The molecule has 1 amide bonds. The predicted octanol–water partition coefficient (Wildman–Crippen LogP) is 5.22. The van der Waals surface area contributed by atoms with Crippen LogP contribution in [0.4, 0.5) is 5.82 Å². The van der Waals surface area contributed by atoms with Crippen LogP contribution in [0.2, 0.25) is 5.02 Å². The van der Waals surface area contributed by atoms with Crippen molar-refractivity contribution in [3.05, 3.63) is 82.5 Å². The van der Waals surface area contributed by atoms with Gasteiger partial charge >= 0.3 is 5.97 Å². The monoisotopic (exact) mass is 490 g/mol. The normalized spacial score (nSPS) is 11.1. The third-order valence-electron chi connectivity index (χ3n) is 5.21. The number of anilines is 1. The lowest BCUT2D eigenvalue weighted by molar-refractivity contribution is -0.111. The molecule has 0 bridgehead atoms. The number of carbonyl (C=O) groups is 2. The largest absolute Gasteiger partial charge is 0.494 e. The number of esters is 1. The van der Waals surface area contributed by atoms with E-state index in [4.69, 9.17) is 26.1 Å². The van der Waals surface area contributed by atoms with E-state index < -0.39 is 11.9 Å². The first-order valence-corrected chi connectivity index (χ1v) is 11.2. The summed E-state index contributed by atoms with van der Waals surface area (Å²) in [5.74, 6) is 0.0742. The van der Waals surface area contributed by atoms with Gasteiger partial charge in [0.25, 0.3) is 0 Å². The van der Waals surface area contributed by atoms with Crippen molar-refractivity contribution in [3.63, 3.8) is 0 Å². The van der Waals surface area contributed by atoms with E-state index in [1.807, 2.05) is 37.3 Å². The minimum Gasteiger partial charge on any atom is -0.494 e. The molecule has 0 radical (unpaired) electrons. The molecule has 0 saturated carbocycles. The van der Waals surface area contributed by atoms with Gasteiger partial charge < -0.3 is 14.8 Å². The molecule has 35 heavy (non-hydrogen) atoms. The Morgan fingerprint density at radius 1 is 1.17 bits per heavy atom. The molecular formula is C26H23ClN4O4. The summed E-state index contributed by atoms with van der Waals surface area (Å²) in [4.78, 5) is 30.1. The predicted molar refractivity (Wildman–Crippen MR) is 135 cm³/mol. The average molecular weight is 491 g/mol. The van der Waals surface area contributed by atoms with Crippen molar-refractivity contribution < 1.29 is 19.1 Å². The third kappa shape index (κ3) is 5.17. The zero-order chi connectivity index (χ0) is 24.9. The second-order valence-electron chi connectivity index (χ2n) is 7.57. The van der Waals surface area contributed by atoms with Gasteiger partial charge in [0.2, 0.25) is 5.91 Å². The summed E-state index contributed by atoms with van der Waals surface area (Å²) >= 11 is 6.01. The van der Waals surface area contributed by atoms with Gasteiger partial charge in [0.1, 0.15) is 16.8 Å². The van der Waals surface area contributed by atoms with E-state index in [0.717, 1.165) is 16.5 Å². The standard InChI is InChI=1S/C26H23ClN4O4/c1-4-35-26(33)20-15-28-31(22-13-16(2)19-9-6-10-21(34-3)24(19)29-22)25(20)30-23(32)12-11-17-7-5-8-18(27)14-17/h5-15H,4H2,1-3H3,(H,30,32)/b12-11+. The average Bonchev–Trinajstić information content (AvgIpc) is 3.26. The van der Waals surface area contributed by atoms with Crippen molar-refractivity contribution in [1.29, 1.82) is 0 Å². The third-order valence-corrected chi connectivity index (χ3v) is 5.45. The molecule has 4 rings (SSSR count). The van der Waals surface area contributed by atoms with E-state index in [2.05, 4.69) is 10.4 Å². The number of aryl methyl sites for hydroxylation is 1. The lowest BCUT2D eigenvalue weighted by Gasteiger charge is -2.12. The van der Waals surface area contributed by atoms with Crippen LogP contribution in [0, 0.1) is 6.92 Å². The second-order valence-corrected chi connectivity index (χ2v) is 8.01. The van der Waals surface area contributed by atoms with Crippen LogP contribution in [-0.2, 0) is 9.53 Å². The summed E-state index contributed by atoms with van der Waals surface area (Å²) in [7, 11) is 1.57. The number of aromatic nitrogens is 3. The molecule has 2 aromatic heterocycles. The number of nitrogens with zero attached hydrogens (tertiary/aromatic N) is 3. The van der Waals surface area contributed by atoms with Crippen molar-refractivity contribution in [2.24, 2.45) is 0 Å². The van der Waals surface area contributed by atoms with Crippen molar-refractivity contribution in [2.45, 2.75) is 13.8 Å². The minimum atomic E-state index is -0.608. The lowest BCUT2D eigenvalue weighted by Crippen LogP contribution is -2.16. The van der Waals surface area contributed by atoms with Gasteiger partial charge in [-0.05, 0) is 55.3 Å². The number of amides is 1. The van der Waals surface area contributed by atoms with Gasteiger partial charge in [-0.15, -0.1) is 0 Å². The maximum atomic E-state index is 12.8. The van der Waals surface area contributed by atoms with E-state index in [9.17, 15) is 9.59 Å². The number of fused-ring (bicyclic) bond motifs is 1. The highest BCUT2D eigenvalue weighted by Crippen LogP contribution is 2.29. The zero-order valence-electron chi connectivity index (χ0n) is 19.4. The number of hydrogen-bond donors (Lipinski definition) is 1. The van der Waals surface area contributed by atoms with Crippen LogP contribution in [0.3, 0.4) is 0 Å². The summed E-state index contributed by atoms with van der Waals surface area (Å²) in [6.45, 7) is 3.82. The number of methoxy groups -OCH3 is 1. The first-order valence-electron chi connectivity index (χ1n) is 10.9. The number of pyridine rings is 1. The SMILES string of the molecule is CCOC(=O)c1cnn(-c2cc(C)c3cccc(OC)c3n2)c1NC(=O)/C=C/c1cccc(Cl)c1. The number of benzene rings is 2. The second kappa shape index (κ2) is 10.4. The van der Waals surface area contributed by atoms with Crippen LogP contribution in [0.1, 0.15) is 28.4 Å². The van der Waals surface area contributed by atoms with Crippen LogP contribution in [0.5, 0.6) is 5.75 Å². The van der Waals surface area contributed by atoms with Crippen LogP contribution in [0.25, 0.3) is 22.8 Å². The fourth-order valence-electron chi connectivity index (χ4n) is 3.59. The van der Waals surface area contributed by atoms with Gasteiger partial charge in [-0.1, -0.05) is 35.9 Å². The molecule has 178 valence electrons. The Balaban J connectivity index is 1.76. The molecule has 1 N–H and O–H groups in total. The minimum absolute atomic E-state index is 0.107. The zero-order valence-corrected chi connectivity index (χ0v) is 20.2. The van der Waals surface area contributed by atoms with E-state index in [0.29, 0.717) is 22.1 Å². The molecule has 4 aromatic rings. The quantitative estimate of drug-likeness (QED) is 0.282. The molecule has 9 heteroatoms. The number of carbonyl (C=O) groups excluding carboxylic acids is 2. The Morgan fingerprint density at radius 3 is 2.71 bits per heavy atom. The number of halogens is 1. The highest BCUT2D eigenvalue weighted by Gasteiger charge is 2.22. The van der Waals surface area contributed by atoms with Crippen molar-refractivity contribution in [2.75, 3.05) is 19.0 Å². The van der Waals surface area contributed by atoms with E-state index in [1.165, 1.54) is 17.0 Å². The molecule has 0 aliphatic carbocycles. The summed E-state index contributed by atoms with van der Waals surface area (Å²) in [6, 6.07) is 14.6. The molecule has 0 atom stereocenters. The van der Waals surface area contributed by atoms with Crippen LogP contribution < -0.4 is 10.1 Å². The molecule has 0 fully saturated rings. The molecular weight excluding hydrogens is 468 g/mol. The Labute approximate surface area is 207 Å². The van der Waals surface area contributed by atoms with Crippen molar-refractivity contribution >= 4 is 46.3 Å². The molecule has 2 heterocycles. The Bertz CT molecular complexity index is 1440. The summed E-state index contributed by atoms with van der Waals surface area (Å²) in [6.07, 6.45) is 4.31. The fourth-order valence-corrected chi connectivity index (χ4v) is 3.79. The van der Waals surface area contributed by atoms with E-state index in [1.54, 1.807) is 38.3 Å². The summed E-state index contributed by atoms with van der Waals surface area (Å²) in [5.41, 5.74) is 2.42. The fraction of sp³-hybridized carbons (Fsp3) is 0.154. The topological polar surface area (TPSA) is 95.3 Å². The molecule has 8 nitrogen and oxygen atoms in total. The molecule has 0 spiro atoms.